The van der Waals surface area contributed by atoms with Crippen LogP contribution in [-0.4, -0.2) is 55.4 Å². The number of nitrogens with zero attached hydrogens (tertiary/aromatic N) is 2. The first-order valence-electron chi connectivity index (χ1n) is 7.14. The van der Waals surface area contributed by atoms with Crippen LogP contribution in [-0.2, 0) is 11.2 Å². The molecule has 1 aromatic carbocycles. The zero-order valence-corrected chi connectivity index (χ0v) is 12.5. The summed E-state index contributed by atoms with van der Waals surface area (Å²) < 4.78 is 13.3. The van der Waals surface area contributed by atoms with Crippen LogP contribution in [0.1, 0.15) is 17.5 Å². The van der Waals surface area contributed by atoms with E-state index in [0.29, 0.717) is 6.42 Å². The molecule has 20 heavy (non-hydrogen) atoms. The second-order valence-electron chi connectivity index (χ2n) is 5.83. The third-order valence-electron chi connectivity index (χ3n) is 4.11. The Morgan fingerprint density at radius 3 is 2.85 bits per heavy atom. The van der Waals surface area contributed by atoms with Gasteiger partial charge in [-0.1, -0.05) is 6.07 Å². The average Bonchev–Trinajstić information content (AvgIpc) is 2.55. The molecule has 1 aliphatic heterocycles. The SMILES string of the molecule is Cc1ccc(F)cc1CC(=O)C1CN(C)CCCN1C. The maximum Gasteiger partial charge on any atom is 0.155 e. The Balaban J connectivity index is 2.11. The Kier molecular flexibility index (Phi) is 4.89. The second kappa shape index (κ2) is 6.46. The minimum Gasteiger partial charge on any atom is -0.304 e. The first-order chi connectivity index (χ1) is 9.47. The average molecular weight is 278 g/mol. The first-order valence-corrected chi connectivity index (χ1v) is 7.14. The lowest BCUT2D eigenvalue weighted by Crippen LogP contribution is -2.44. The van der Waals surface area contributed by atoms with Gasteiger partial charge in [0.15, 0.2) is 5.78 Å². The zero-order valence-electron chi connectivity index (χ0n) is 12.5. The Labute approximate surface area is 120 Å². The van der Waals surface area contributed by atoms with E-state index in [2.05, 4.69) is 9.80 Å². The molecule has 1 atom stereocenters. The van der Waals surface area contributed by atoms with Crippen LogP contribution in [0.5, 0.6) is 0 Å². The van der Waals surface area contributed by atoms with Crippen LogP contribution >= 0.6 is 0 Å². The van der Waals surface area contributed by atoms with Crippen molar-refractivity contribution in [3.05, 3.63) is 35.1 Å². The van der Waals surface area contributed by atoms with Crippen molar-refractivity contribution in [1.82, 2.24) is 9.80 Å². The van der Waals surface area contributed by atoms with E-state index >= 15 is 0 Å². The van der Waals surface area contributed by atoms with E-state index in [-0.39, 0.29) is 17.6 Å². The van der Waals surface area contributed by atoms with Crippen LogP contribution in [0.4, 0.5) is 4.39 Å². The van der Waals surface area contributed by atoms with Crippen LogP contribution in [0.2, 0.25) is 0 Å². The molecule has 0 amide bonds. The predicted molar refractivity (Wildman–Crippen MR) is 78.4 cm³/mol. The van der Waals surface area contributed by atoms with Crippen LogP contribution in [0.25, 0.3) is 0 Å². The number of carbonyl (C=O) groups excluding carboxylic acids is 1. The van der Waals surface area contributed by atoms with Crippen molar-refractivity contribution in [2.45, 2.75) is 25.8 Å². The van der Waals surface area contributed by atoms with Crippen LogP contribution in [0.15, 0.2) is 18.2 Å². The standard InChI is InChI=1S/C16H23FN2O/c1-12-5-6-14(17)9-13(12)10-16(20)15-11-18(2)7-4-8-19(15)3/h5-6,9,15H,4,7-8,10-11H2,1-3H3. The Bertz CT molecular complexity index is 489. The molecule has 0 bridgehead atoms. The Morgan fingerprint density at radius 2 is 2.10 bits per heavy atom. The number of rotatable bonds is 3. The molecule has 1 fully saturated rings. The van der Waals surface area contributed by atoms with E-state index in [1.54, 1.807) is 6.07 Å². The van der Waals surface area contributed by atoms with Crippen molar-refractivity contribution < 1.29 is 9.18 Å². The number of ketones is 1. The topological polar surface area (TPSA) is 23.6 Å². The number of benzene rings is 1. The number of Topliss-reactive ketones (excluding diaryl/α,β-unsaturated/α-hetero) is 1. The Morgan fingerprint density at radius 1 is 1.35 bits per heavy atom. The van der Waals surface area contributed by atoms with Crippen molar-refractivity contribution in [2.24, 2.45) is 0 Å². The molecular formula is C16H23FN2O. The van der Waals surface area contributed by atoms with Crippen LogP contribution < -0.4 is 0 Å². The van der Waals surface area contributed by atoms with Gasteiger partial charge in [0.1, 0.15) is 5.82 Å². The zero-order chi connectivity index (χ0) is 14.7. The summed E-state index contributed by atoms with van der Waals surface area (Å²) in [4.78, 5) is 16.9. The molecule has 2 rings (SSSR count). The molecule has 1 heterocycles. The van der Waals surface area contributed by atoms with Crippen molar-refractivity contribution in [3.8, 4) is 0 Å². The highest BCUT2D eigenvalue weighted by atomic mass is 19.1. The van der Waals surface area contributed by atoms with Gasteiger partial charge < -0.3 is 4.90 Å². The summed E-state index contributed by atoms with van der Waals surface area (Å²) in [5.41, 5.74) is 1.78. The van der Waals surface area contributed by atoms with Crippen molar-refractivity contribution in [2.75, 3.05) is 33.7 Å². The largest absolute Gasteiger partial charge is 0.304 e. The molecule has 0 saturated carbocycles. The third-order valence-corrected chi connectivity index (χ3v) is 4.11. The molecule has 0 N–H and O–H groups in total. The molecule has 1 unspecified atom stereocenters. The summed E-state index contributed by atoms with van der Waals surface area (Å²) in [7, 11) is 4.05. The maximum absolute atomic E-state index is 13.3. The Hall–Kier alpha value is -1.26. The fraction of sp³-hybridized carbons (Fsp3) is 0.562. The lowest BCUT2D eigenvalue weighted by molar-refractivity contribution is -0.123. The molecule has 110 valence electrons. The number of halogens is 1. The molecule has 0 radical (unpaired) electrons. The van der Waals surface area contributed by atoms with Crippen molar-refractivity contribution in [1.29, 1.82) is 0 Å². The number of hydrogen-bond acceptors (Lipinski definition) is 3. The third kappa shape index (κ3) is 3.64. The summed E-state index contributed by atoms with van der Waals surface area (Å²) in [5.74, 6) is -0.0975. The van der Waals surface area contributed by atoms with Crippen LogP contribution in [0.3, 0.4) is 0 Å². The number of likely N-dealkylation sites (N-methyl/N-ethyl adjacent to an activating group) is 2. The minimum absolute atomic E-state index is 0.0924. The van der Waals surface area contributed by atoms with Gasteiger partial charge in [0.25, 0.3) is 0 Å². The summed E-state index contributed by atoms with van der Waals surface area (Å²) in [6.07, 6.45) is 1.39. The van der Waals surface area contributed by atoms with E-state index in [1.165, 1.54) is 12.1 Å². The molecular weight excluding hydrogens is 255 g/mol. The number of aryl methyl sites for hydroxylation is 1. The van der Waals surface area contributed by atoms with E-state index in [1.807, 2.05) is 21.0 Å². The van der Waals surface area contributed by atoms with Crippen LogP contribution in [0, 0.1) is 12.7 Å². The smallest absolute Gasteiger partial charge is 0.155 e. The van der Waals surface area contributed by atoms with Gasteiger partial charge in [0, 0.05) is 13.0 Å². The molecule has 0 spiro atoms. The first kappa shape index (κ1) is 15.1. The monoisotopic (exact) mass is 278 g/mol. The molecule has 4 heteroatoms. The maximum atomic E-state index is 13.3. The van der Waals surface area contributed by atoms with Crippen molar-refractivity contribution >= 4 is 5.78 Å². The van der Waals surface area contributed by atoms with E-state index in [9.17, 15) is 9.18 Å². The lowest BCUT2D eigenvalue weighted by atomic mass is 9.99. The molecule has 1 saturated heterocycles. The molecule has 0 aromatic heterocycles. The highest BCUT2D eigenvalue weighted by Crippen LogP contribution is 2.15. The summed E-state index contributed by atoms with van der Waals surface area (Å²) >= 11 is 0. The molecule has 1 aliphatic rings. The highest BCUT2D eigenvalue weighted by Gasteiger charge is 2.27. The van der Waals surface area contributed by atoms with Gasteiger partial charge in [-0.15, -0.1) is 0 Å². The molecule has 0 aliphatic carbocycles. The normalized spacial score (nSPS) is 21.7. The number of hydrogen-bond donors (Lipinski definition) is 0. The lowest BCUT2D eigenvalue weighted by Gasteiger charge is -2.26. The van der Waals surface area contributed by atoms with E-state index in [4.69, 9.17) is 0 Å². The minimum atomic E-state index is -0.273. The van der Waals surface area contributed by atoms with Gasteiger partial charge in [-0.05, 0) is 63.8 Å². The fourth-order valence-electron chi connectivity index (χ4n) is 2.76. The van der Waals surface area contributed by atoms with Gasteiger partial charge >= 0.3 is 0 Å². The fourth-order valence-corrected chi connectivity index (χ4v) is 2.76. The van der Waals surface area contributed by atoms with E-state index in [0.717, 1.165) is 37.2 Å². The van der Waals surface area contributed by atoms with Gasteiger partial charge in [-0.25, -0.2) is 4.39 Å². The molecule has 1 aromatic rings. The summed E-state index contributed by atoms with van der Waals surface area (Å²) in [6.45, 7) is 4.63. The van der Waals surface area contributed by atoms with Gasteiger partial charge in [-0.3, -0.25) is 9.69 Å². The second-order valence-corrected chi connectivity index (χ2v) is 5.83. The predicted octanol–water partition coefficient (Wildman–Crippen LogP) is 1.88. The van der Waals surface area contributed by atoms with E-state index < -0.39 is 0 Å². The summed E-state index contributed by atoms with van der Waals surface area (Å²) in [6, 6.07) is 4.56. The van der Waals surface area contributed by atoms with Crippen molar-refractivity contribution in [3.63, 3.8) is 0 Å². The van der Waals surface area contributed by atoms with Gasteiger partial charge in [0.2, 0.25) is 0 Å². The summed E-state index contributed by atoms with van der Waals surface area (Å²) in [5, 5.41) is 0. The van der Waals surface area contributed by atoms with Gasteiger partial charge in [-0.2, -0.15) is 0 Å². The molecule has 3 nitrogen and oxygen atoms in total. The number of carbonyl (C=O) groups is 1. The van der Waals surface area contributed by atoms with Gasteiger partial charge in [0.05, 0.1) is 6.04 Å². The quantitative estimate of drug-likeness (QED) is 0.843. The highest BCUT2D eigenvalue weighted by molar-refractivity contribution is 5.86.